The molecule has 0 spiro atoms. The number of carbonyl (C=O) groups excluding carboxylic acids is 1. The van der Waals surface area contributed by atoms with Gasteiger partial charge in [-0.25, -0.2) is 0 Å². The zero-order chi connectivity index (χ0) is 17.7. The fourth-order valence-corrected chi connectivity index (χ4v) is 2.53. The van der Waals surface area contributed by atoms with E-state index in [1.165, 1.54) is 7.11 Å². The molecule has 1 atom stereocenters. The van der Waals surface area contributed by atoms with E-state index >= 15 is 0 Å². The number of amides is 1. The maximum Gasteiger partial charge on any atom is 0.255 e. The van der Waals surface area contributed by atoms with Gasteiger partial charge in [0.15, 0.2) is 0 Å². The summed E-state index contributed by atoms with van der Waals surface area (Å²) in [6.07, 6.45) is 0. The van der Waals surface area contributed by atoms with Crippen molar-refractivity contribution in [1.82, 2.24) is 5.32 Å². The van der Waals surface area contributed by atoms with Gasteiger partial charge in [0.1, 0.15) is 17.2 Å². The highest BCUT2D eigenvalue weighted by molar-refractivity contribution is 5.97. The summed E-state index contributed by atoms with van der Waals surface area (Å²) in [5.41, 5.74) is 2.49. The minimum Gasteiger partial charge on any atom is -0.497 e. The fraction of sp³-hybridized carbons (Fsp3) is 0.316. The van der Waals surface area contributed by atoms with Crippen LogP contribution in [0.2, 0.25) is 0 Å². The van der Waals surface area contributed by atoms with Crippen molar-refractivity contribution in [3.05, 3.63) is 53.1 Å². The summed E-state index contributed by atoms with van der Waals surface area (Å²) in [6, 6.07) is 10.8. The average molecular weight is 329 g/mol. The van der Waals surface area contributed by atoms with Gasteiger partial charge in [-0.05, 0) is 32.0 Å². The van der Waals surface area contributed by atoms with Gasteiger partial charge in [0.2, 0.25) is 0 Å². The number of carbonyl (C=O) groups is 1. The van der Waals surface area contributed by atoms with Crippen molar-refractivity contribution >= 4 is 5.91 Å². The van der Waals surface area contributed by atoms with Crippen molar-refractivity contribution in [3.63, 3.8) is 0 Å². The van der Waals surface area contributed by atoms with E-state index in [0.717, 1.165) is 16.9 Å². The molecule has 2 aromatic rings. The Morgan fingerprint density at radius 1 is 0.958 bits per heavy atom. The molecule has 0 bridgehead atoms. The van der Waals surface area contributed by atoms with E-state index in [2.05, 4.69) is 5.32 Å². The topological polar surface area (TPSA) is 56.8 Å². The first-order valence-electron chi connectivity index (χ1n) is 7.67. The first-order valence-corrected chi connectivity index (χ1v) is 7.67. The highest BCUT2D eigenvalue weighted by Gasteiger charge is 2.18. The van der Waals surface area contributed by atoms with Crippen molar-refractivity contribution in [2.45, 2.75) is 19.9 Å². The zero-order valence-electron chi connectivity index (χ0n) is 14.7. The molecule has 0 saturated carbocycles. The van der Waals surface area contributed by atoms with Gasteiger partial charge in [0.25, 0.3) is 5.91 Å². The number of benzene rings is 2. The molecule has 0 aromatic heterocycles. The summed E-state index contributed by atoms with van der Waals surface area (Å²) in [4.78, 5) is 12.6. The quantitative estimate of drug-likeness (QED) is 0.881. The van der Waals surface area contributed by atoms with E-state index in [0.29, 0.717) is 17.1 Å². The van der Waals surface area contributed by atoms with E-state index in [1.807, 2.05) is 32.0 Å². The number of hydrogen-bond donors (Lipinski definition) is 1. The van der Waals surface area contributed by atoms with Crippen LogP contribution in [0.15, 0.2) is 36.4 Å². The lowest BCUT2D eigenvalue weighted by atomic mass is 10.0. The Balaban J connectivity index is 2.25. The molecule has 0 aliphatic carbocycles. The maximum atomic E-state index is 12.6. The van der Waals surface area contributed by atoms with Crippen molar-refractivity contribution in [3.8, 4) is 17.2 Å². The third-order valence-corrected chi connectivity index (χ3v) is 3.85. The molecule has 0 radical (unpaired) electrons. The molecule has 0 aliphatic rings. The van der Waals surface area contributed by atoms with Gasteiger partial charge in [-0.15, -0.1) is 0 Å². The molecule has 1 N–H and O–H groups in total. The van der Waals surface area contributed by atoms with Gasteiger partial charge in [-0.2, -0.15) is 0 Å². The predicted octanol–water partition coefficient (Wildman–Crippen LogP) is 3.51. The van der Waals surface area contributed by atoms with E-state index in [1.54, 1.807) is 32.4 Å². The first kappa shape index (κ1) is 17.7. The average Bonchev–Trinajstić information content (AvgIpc) is 2.60. The number of ether oxygens (including phenoxy) is 3. The Kier molecular flexibility index (Phi) is 5.68. The van der Waals surface area contributed by atoms with Crippen LogP contribution in [0, 0.1) is 6.92 Å². The molecule has 1 amide bonds. The van der Waals surface area contributed by atoms with Crippen LogP contribution in [0.25, 0.3) is 0 Å². The first-order chi connectivity index (χ1) is 11.5. The summed E-state index contributed by atoms with van der Waals surface area (Å²) in [6.45, 7) is 3.93. The largest absolute Gasteiger partial charge is 0.497 e. The Bertz CT molecular complexity index is 727. The van der Waals surface area contributed by atoms with Crippen LogP contribution in [-0.2, 0) is 0 Å². The van der Waals surface area contributed by atoms with Crippen LogP contribution in [0.4, 0.5) is 0 Å². The molecular formula is C19H23NO4. The molecule has 5 heteroatoms. The van der Waals surface area contributed by atoms with Crippen molar-refractivity contribution in [2.75, 3.05) is 21.3 Å². The Hall–Kier alpha value is -2.69. The second-order valence-electron chi connectivity index (χ2n) is 5.51. The van der Waals surface area contributed by atoms with Crippen LogP contribution in [0.1, 0.15) is 34.5 Å². The molecule has 24 heavy (non-hydrogen) atoms. The highest BCUT2D eigenvalue weighted by atomic mass is 16.5. The minimum atomic E-state index is -0.217. The third kappa shape index (κ3) is 3.79. The molecule has 0 heterocycles. The summed E-state index contributed by atoms with van der Waals surface area (Å²) in [5, 5.41) is 2.99. The normalized spacial score (nSPS) is 11.5. The zero-order valence-corrected chi connectivity index (χ0v) is 14.7. The van der Waals surface area contributed by atoms with E-state index in [4.69, 9.17) is 14.2 Å². The van der Waals surface area contributed by atoms with Gasteiger partial charge in [-0.3, -0.25) is 4.79 Å². The maximum absolute atomic E-state index is 12.6. The number of methoxy groups -OCH3 is 3. The Labute approximate surface area is 142 Å². The molecule has 2 aromatic carbocycles. The summed E-state index contributed by atoms with van der Waals surface area (Å²) < 4.78 is 15.8. The van der Waals surface area contributed by atoms with Gasteiger partial charge >= 0.3 is 0 Å². The van der Waals surface area contributed by atoms with Gasteiger partial charge in [0.05, 0.1) is 32.9 Å². The lowest BCUT2D eigenvalue weighted by Gasteiger charge is -2.19. The molecule has 0 aliphatic heterocycles. The third-order valence-electron chi connectivity index (χ3n) is 3.85. The minimum absolute atomic E-state index is 0.209. The van der Waals surface area contributed by atoms with Gasteiger partial charge < -0.3 is 19.5 Å². The lowest BCUT2D eigenvalue weighted by Crippen LogP contribution is -2.27. The van der Waals surface area contributed by atoms with Crippen LogP contribution in [0.5, 0.6) is 17.2 Å². The SMILES string of the molecule is COc1ccc(C(=O)NC(C)c2cc(C)ccc2OC)c(OC)c1. The molecule has 2 rings (SSSR count). The monoisotopic (exact) mass is 329 g/mol. The van der Waals surface area contributed by atoms with Crippen molar-refractivity contribution in [2.24, 2.45) is 0 Å². The summed E-state index contributed by atoms with van der Waals surface area (Å²) >= 11 is 0. The van der Waals surface area contributed by atoms with Crippen LogP contribution in [-0.4, -0.2) is 27.2 Å². The number of aryl methyl sites for hydroxylation is 1. The van der Waals surface area contributed by atoms with Gasteiger partial charge in [-0.1, -0.05) is 17.7 Å². The highest BCUT2D eigenvalue weighted by Crippen LogP contribution is 2.28. The van der Waals surface area contributed by atoms with Crippen molar-refractivity contribution in [1.29, 1.82) is 0 Å². The lowest BCUT2D eigenvalue weighted by molar-refractivity contribution is 0.0936. The molecule has 0 fully saturated rings. The molecular weight excluding hydrogens is 306 g/mol. The van der Waals surface area contributed by atoms with Gasteiger partial charge in [0, 0.05) is 11.6 Å². The number of nitrogens with one attached hydrogen (secondary N) is 1. The van der Waals surface area contributed by atoms with Crippen LogP contribution < -0.4 is 19.5 Å². The second kappa shape index (κ2) is 7.73. The molecule has 0 saturated heterocycles. The number of hydrogen-bond acceptors (Lipinski definition) is 4. The second-order valence-corrected chi connectivity index (χ2v) is 5.51. The smallest absolute Gasteiger partial charge is 0.255 e. The molecule has 5 nitrogen and oxygen atoms in total. The fourth-order valence-electron chi connectivity index (χ4n) is 2.53. The van der Waals surface area contributed by atoms with E-state index in [-0.39, 0.29) is 11.9 Å². The molecule has 128 valence electrons. The Morgan fingerprint density at radius 3 is 2.29 bits per heavy atom. The van der Waals surface area contributed by atoms with E-state index < -0.39 is 0 Å². The summed E-state index contributed by atoms with van der Waals surface area (Å²) in [5.74, 6) is 1.63. The standard InChI is InChI=1S/C19H23NO4/c1-12-6-9-17(23-4)16(10-12)13(2)20-19(21)15-8-7-14(22-3)11-18(15)24-5/h6-11,13H,1-5H3,(H,20,21). The number of rotatable bonds is 6. The molecule has 1 unspecified atom stereocenters. The Morgan fingerprint density at radius 2 is 1.67 bits per heavy atom. The summed E-state index contributed by atoms with van der Waals surface area (Å²) in [7, 11) is 4.72. The van der Waals surface area contributed by atoms with Crippen molar-refractivity contribution < 1.29 is 19.0 Å². The predicted molar refractivity (Wildman–Crippen MR) is 93.2 cm³/mol. The van der Waals surface area contributed by atoms with E-state index in [9.17, 15) is 4.79 Å². The van der Waals surface area contributed by atoms with Crippen LogP contribution in [0.3, 0.4) is 0 Å². The van der Waals surface area contributed by atoms with Crippen LogP contribution >= 0.6 is 0 Å².